The van der Waals surface area contributed by atoms with Gasteiger partial charge in [-0.05, 0) is 0 Å². The first-order valence-electron chi connectivity index (χ1n) is 3.93. The number of rotatable bonds is 4. The number of carbonyl (C=O) groups excluding carboxylic acids is 1. The Bertz CT molecular complexity index is 310. The first kappa shape index (κ1) is 17.9. The molecule has 0 saturated heterocycles. The average molecular weight is 273 g/mol. The van der Waals surface area contributed by atoms with E-state index in [4.69, 9.17) is 29.5 Å². The zero-order valence-corrected chi connectivity index (χ0v) is 9.50. The Morgan fingerprint density at radius 1 is 1.18 bits per heavy atom. The summed E-state index contributed by atoms with van der Waals surface area (Å²) < 4.78 is 8.88. The molecule has 17 heavy (non-hydrogen) atoms. The van der Waals surface area contributed by atoms with Gasteiger partial charge >= 0.3 is 19.8 Å². The maximum Gasteiger partial charge on any atom is 0.466 e. The average Bonchev–Trinajstić information content (AvgIpc) is 1.97. The van der Waals surface area contributed by atoms with Gasteiger partial charge in [0, 0.05) is 6.92 Å². The van der Waals surface area contributed by atoms with E-state index in [-0.39, 0.29) is 0 Å². The predicted octanol–water partition coefficient (Wildman–Crippen LogP) is -1.88. The van der Waals surface area contributed by atoms with E-state index in [1.165, 1.54) is 0 Å². The minimum absolute atomic E-state index is 0.566. The van der Waals surface area contributed by atoms with Gasteiger partial charge in [-0.2, -0.15) is 0 Å². The Morgan fingerprint density at radius 3 is 1.71 bits per heavy atom. The first-order chi connectivity index (χ1) is 7.43. The molecule has 0 rings (SSSR count). The molecular formula is C6H12NO9P. The van der Waals surface area contributed by atoms with Crippen molar-refractivity contribution in [2.24, 2.45) is 0 Å². The van der Waals surface area contributed by atoms with Crippen molar-refractivity contribution in [3.05, 3.63) is 0 Å². The third kappa shape index (κ3) is 20.6. The van der Waals surface area contributed by atoms with Gasteiger partial charge in [-0.25, -0.2) is 9.36 Å². The van der Waals surface area contributed by atoms with Crippen molar-refractivity contribution in [3.63, 3.8) is 0 Å². The van der Waals surface area contributed by atoms with Gasteiger partial charge in [0.25, 0.3) is 0 Å². The fourth-order valence-electron chi connectivity index (χ4n) is 0.620. The number of carboxylic acid groups (broad SMARTS) is 2. The van der Waals surface area contributed by atoms with Crippen molar-refractivity contribution in [1.82, 2.24) is 5.32 Å². The molecule has 0 heterocycles. The highest BCUT2D eigenvalue weighted by molar-refractivity contribution is 7.45. The zero-order chi connectivity index (χ0) is 14.2. The number of hydrogen-bond acceptors (Lipinski definition) is 4. The van der Waals surface area contributed by atoms with Crippen LogP contribution in [0.25, 0.3) is 0 Å². The van der Waals surface area contributed by atoms with Crippen LogP contribution in [0.5, 0.6) is 0 Å². The van der Waals surface area contributed by atoms with Crippen LogP contribution in [-0.4, -0.2) is 48.8 Å². The molecular weight excluding hydrogens is 261 g/mol. The van der Waals surface area contributed by atoms with Gasteiger partial charge in [-0.3, -0.25) is 9.59 Å². The van der Waals surface area contributed by atoms with Gasteiger partial charge in [0.15, 0.2) is 0 Å². The molecule has 100 valence electrons. The highest BCUT2D eigenvalue weighted by atomic mass is 31.2. The SMILES string of the molecule is CC(=O)NC(CC(=O)O)C(=O)O.O=P(O)(O)O. The Hall–Kier alpha value is -1.48. The van der Waals surface area contributed by atoms with E-state index in [9.17, 15) is 14.4 Å². The Balaban J connectivity index is 0. The Kier molecular flexibility index (Phi) is 8.15. The molecule has 0 spiro atoms. The monoisotopic (exact) mass is 273 g/mol. The molecule has 0 aromatic rings. The number of carboxylic acids is 2. The van der Waals surface area contributed by atoms with Crippen molar-refractivity contribution in [2.45, 2.75) is 19.4 Å². The number of aliphatic carboxylic acids is 2. The van der Waals surface area contributed by atoms with Gasteiger partial charge in [0.2, 0.25) is 5.91 Å². The number of nitrogens with one attached hydrogen (secondary N) is 1. The minimum atomic E-state index is -4.64. The van der Waals surface area contributed by atoms with Crippen LogP contribution in [0.3, 0.4) is 0 Å². The van der Waals surface area contributed by atoms with Gasteiger partial charge in [0.05, 0.1) is 6.42 Å². The molecule has 0 aromatic carbocycles. The van der Waals surface area contributed by atoms with Crippen molar-refractivity contribution in [2.75, 3.05) is 0 Å². The topological polar surface area (TPSA) is 181 Å². The summed E-state index contributed by atoms with van der Waals surface area (Å²) in [6, 6.07) is -1.35. The summed E-state index contributed by atoms with van der Waals surface area (Å²) >= 11 is 0. The largest absolute Gasteiger partial charge is 0.481 e. The van der Waals surface area contributed by atoms with E-state index in [1.54, 1.807) is 0 Å². The summed E-state index contributed by atoms with van der Waals surface area (Å²) in [5, 5.41) is 18.6. The fourth-order valence-corrected chi connectivity index (χ4v) is 0.620. The third-order valence-corrected chi connectivity index (χ3v) is 1.05. The number of amides is 1. The number of phosphoric acid groups is 1. The lowest BCUT2D eigenvalue weighted by Gasteiger charge is -2.09. The normalized spacial score (nSPS) is 11.8. The second-order valence-electron chi connectivity index (χ2n) is 2.70. The second kappa shape index (κ2) is 7.74. The van der Waals surface area contributed by atoms with E-state index >= 15 is 0 Å². The molecule has 0 aliphatic carbocycles. The molecule has 0 aromatic heterocycles. The van der Waals surface area contributed by atoms with Crippen molar-refractivity contribution in [3.8, 4) is 0 Å². The summed E-state index contributed by atoms with van der Waals surface area (Å²) in [5.41, 5.74) is 0. The molecule has 1 atom stereocenters. The lowest BCUT2D eigenvalue weighted by Crippen LogP contribution is -2.41. The molecule has 0 aliphatic heterocycles. The third-order valence-electron chi connectivity index (χ3n) is 1.05. The predicted molar refractivity (Wildman–Crippen MR) is 51.8 cm³/mol. The van der Waals surface area contributed by atoms with Crippen molar-refractivity contribution in [1.29, 1.82) is 0 Å². The summed E-state index contributed by atoms with van der Waals surface area (Å²) in [7, 11) is -4.64. The summed E-state index contributed by atoms with van der Waals surface area (Å²) in [4.78, 5) is 52.3. The van der Waals surface area contributed by atoms with E-state index in [0.29, 0.717) is 0 Å². The Labute approximate surface area is 95.1 Å². The molecule has 10 nitrogen and oxygen atoms in total. The molecule has 0 aliphatic rings. The van der Waals surface area contributed by atoms with Crippen LogP contribution in [0.4, 0.5) is 0 Å². The molecule has 6 N–H and O–H groups in total. The van der Waals surface area contributed by atoms with Crippen molar-refractivity contribution < 1.29 is 43.8 Å². The lowest BCUT2D eigenvalue weighted by molar-refractivity contribution is -0.147. The smallest absolute Gasteiger partial charge is 0.466 e. The van der Waals surface area contributed by atoms with Crippen LogP contribution in [0.15, 0.2) is 0 Å². The standard InChI is InChI=1S/C6H9NO5.H3O4P/c1-3(8)7-4(6(11)12)2-5(9)10;1-5(2,3)4/h4H,2H2,1H3,(H,7,8)(H,9,10)(H,11,12);(H3,1,2,3,4). The highest BCUT2D eigenvalue weighted by Crippen LogP contribution is 2.25. The van der Waals surface area contributed by atoms with Gasteiger partial charge in [-0.1, -0.05) is 0 Å². The van der Waals surface area contributed by atoms with Crippen LogP contribution in [0.2, 0.25) is 0 Å². The lowest BCUT2D eigenvalue weighted by atomic mass is 10.2. The fraction of sp³-hybridized carbons (Fsp3) is 0.500. The van der Waals surface area contributed by atoms with Crippen molar-refractivity contribution >= 4 is 25.7 Å². The maximum absolute atomic E-state index is 10.4. The second-order valence-corrected chi connectivity index (χ2v) is 3.73. The molecule has 1 unspecified atom stereocenters. The molecule has 0 fully saturated rings. The molecule has 1 amide bonds. The number of hydrogen-bond donors (Lipinski definition) is 6. The first-order valence-corrected chi connectivity index (χ1v) is 5.50. The summed E-state index contributed by atoms with van der Waals surface area (Å²) in [5.74, 6) is -3.19. The van der Waals surface area contributed by atoms with E-state index < -0.39 is 38.1 Å². The van der Waals surface area contributed by atoms with Crippen LogP contribution in [0.1, 0.15) is 13.3 Å². The van der Waals surface area contributed by atoms with E-state index in [2.05, 4.69) is 0 Å². The molecule has 11 heteroatoms. The van der Waals surface area contributed by atoms with Gasteiger partial charge in [-0.15, -0.1) is 0 Å². The highest BCUT2D eigenvalue weighted by Gasteiger charge is 2.21. The summed E-state index contributed by atoms with van der Waals surface area (Å²) in [6.07, 6.45) is -0.616. The quantitative estimate of drug-likeness (QED) is 0.319. The van der Waals surface area contributed by atoms with Crippen LogP contribution in [-0.2, 0) is 18.9 Å². The maximum atomic E-state index is 10.4. The molecule has 0 radical (unpaired) electrons. The van der Waals surface area contributed by atoms with Crippen LogP contribution >= 0.6 is 7.82 Å². The van der Waals surface area contributed by atoms with E-state index in [1.807, 2.05) is 5.32 Å². The molecule has 0 saturated carbocycles. The zero-order valence-electron chi connectivity index (χ0n) is 8.60. The van der Waals surface area contributed by atoms with Gasteiger partial charge < -0.3 is 30.2 Å². The van der Waals surface area contributed by atoms with E-state index in [0.717, 1.165) is 6.92 Å². The summed E-state index contributed by atoms with van der Waals surface area (Å²) in [6.45, 7) is 1.12. The number of carbonyl (C=O) groups is 3. The molecule has 0 bridgehead atoms. The minimum Gasteiger partial charge on any atom is -0.481 e. The van der Waals surface area contributed by atoms with Crippen LogP contribution < -0.4 is 5.32 Å². The van der Waals surface area contributed by atoms with Gasteiger partial charge in [0.1, 0.15) is 6.04 Å². The Morgan fingerprint density at radius 2 is 1.53 bits per heavy atom. The van der Waals surface area contributed by atoms with Crippen LogP contribution in [0, 0.1) is 0 Å².